The van der Waals surface area contributed by atoms with Crippen LogP contribution in [0.15, 0.2) is 42.5 Å². The molecule has 1 heterocycles. The van der Waals surface area contributed by atoms with Crippen LogP contribution in [0.3, 0.4) is 0 Å². The normalized spacial score (nSPS) is 18.4. The SMILES string of the molecule is Cl.Cl.Cl.Cl.NCCCC(N)CN(C(=O)C[C@@H]1Cc2cccc(c2)-c2ccc(O)c(c2)C[C@H](N)C(=O)N[C@@H](CCCN)C(=O)N1)[C@@H](CN)C(N)=O. The van der Waals surface area contributed by atoms with Crippen LogP contribution in [0.2, 0.25) is 0 Å². The number of nitrogens with two attached hydrogens (primary N) is 6. The van der Waals surface area contributed by atoms with Crippen LogP contribution in [0.1, 0.15) is 43.2 Å². The standard InChI is InChI=1S/C32H49N9O5.4ClH/c33-10-2-6-23(36)18-41(27(17-35)30(38)44)29(43)16-24-13-19-4-1-5-20(12-19)21-8-9-28(42)22(14-21)15-25(37)31(45)40-26(7-3-11-34)32(46)39-24;;;;/h1,4-5,8-9,12,14,23-27,42H,2-3,6-7,10-11,13,15-18,33-37H2,(H2,38,44)(H,39,46)(H,40,45);4*1H/t23?,24-,25-,26-,27-;;;;/m0..../s1. The number of amides is 4. The number of carbonyl (C=O) groups excluding carboxylic acids is 4. The first-order chi connectivity index (χ1) is 22.0. The van der Waals surface area contributed by atoms with Gasteiger partial charge in [0.25, 0.3) is 0 Å². The van der Waals surface area contributed by atoms with E-state index in [1.165, 1.54) is 4.90 Å². The average molecular weight is 786 g/mol. The number of nitrogens with one attached hydrogen (secondary N) is 2. The second-order valence-electron chi connectivity index (χ2n) is 11.9. The molecule has 4 bridgehead atoms. The van der Waals surface area contributed by atoms with Crippen molar-refractivity contribution in [2.75, 3.05) is 26.2 Å². The molecule has 18 heteroatoms. The molecule has 3 rings (SSSR count). The van der Waals surface area contributed by atoms with Gasteiger partial charge in [0.15, 0.2) is 0 Å². The number of primary amides is 1. The summed E-state index contributed by atoms with van der Waals surface area (Å²) in [5.41, 5.74) is 38.3. The molecule has 0 aromatic heterocycles. The highest BCUT2D eigenvalue weighted by atomic mass is 35.5. The number of benzene rings is 2. The van der Waals surface area contributed by atoms with E-state index >= 15 is 0 Å². The first kappa shape index (κ1) is 49.2. The molecular formula is C32H53Cl4N9O5. The maximum absolute atomic E-state index is 13.9. The monoisotopic (exact) mass is 783 g/mol. The largest absolute Gasteiger partial charge is 0.508 e. The van der Waals surface area contributed by atoms with Gasteiger partial charge >= 0.3 is 0 Å². The number of rotatable bonds is 13. The third kappa shape index (κ3) is 14.4. The average Bonchev–Trinajstić information content (AvgIpc) is 3.02. The smallest absolute Gasteiger partial charge is 0.242 e. The first-order valence-electron chi connectivity index (χ1n) is 15.7. The lowest BCUT2D eigenvalue weighted by Crippen LogP contribution is -2.57. The summed E-state index contributed by atoms with van der Waals surface area (Å²) < 4.78 is 0. The van der Waals surface area contributed by atoms with Crippen molar-refractivity contribution in [3.8, 4) is 16.9 Å². The molecule has 50 heavy (non-hydrogen) atoms. The number of phenolic OH excluding ortho intramolecular Hbond substituents is 1. The number of fused-ring (bicyclic) bond motifs is 5. The van der Waals surface area contributed by atoms with Gasteiger partial charge in [-0.2, -0.15) is 0 Å². The zero-order valence-corrected chi connectivity index (χ0v) is 31.1. The molecule has 284 valence electrons. The summed E-state index contributed by atoms with van der Waals surface area (Å²) >= 11 is 0. The molecule has 1 aliphatic heterocycles. The zero-order chi connectivity index (χ0) is 33.8. The van der Waals surface area contributed by atoms with Crippen molar-refractivity contribution in [1.82, 2.24) is 15.5 Å². The third-order valence-electron chi connectivity index (χ3n) is 8.15. The van der Waals surface area contributed by atoms with Crippen molar-refractivity contribution >= 4 is 73.3 Å². The van der Waals surface area contributed by atoms with E-state index in [4.69, 9.17) is 34.4 Å². The molecule has 0 spiro atoms. The molecule has 1 unspecified atom stereocenters. The predicted molar refractivity (Wildman–Crippen MR) is 205 cm³/mol. The summed E-state index contributed by atoms with van der Waals surface area (Å²) in [6.45, 7) is 0.527. The molecule has 2 aromatic carbocycles. The molecule has 0 radical (unpaired) electrons. The van der Waals surface area contributed by atoms with Gasteiger partial charge in [-0.1, -0.05) is 30.3 Å². The molecule has 14 nitrogen and oxygen atoms in total. The summed E-state index contributed by atoms with van der Waals surface area (Å²) in [6.07, 6.45) is 1.90. The second kappa shape index (κ2) is 24.3. The van der Waals surface area contributed by atoms with Gasteiger partial charge in [-0.15, -0.1) is 49.6 Å². The van der Waals surface area contributed by atoms with Gasteiger partial charge in [-0.05, 0) is 79.6 Å². The van der Waals surface area contributed by atoms with Gasteiger partial charge in [-0.25, -0.2) is 0 Å². The van der Waals surface area contributed by atoms with Crippen molar-refractivity contribution in [1.29, 1.82) is 0 Å². The Bertz CT molecular complexity index is 1380. The summed E-state index contributed by atoms with van der Waals surface area (Å²) in [6, 6.07) is 8.29. The van der Waals surface area contributed by atoms with Crippen LogP contribution in [0.25, 0.3) is 11.1 Å². The quantitative estimate of drug-likeness (QED) is 0.131. The number of nitrogens with zero attached hydrogens (tertiary/aromatic N) is 1. The van der Waals surface area contributed by atoms with Gasteiger partial charge < -0.3 is 55.0 Å². The van der Waals surface area contributed by atoms with E-state index < -0.39 is 53.8 Å². The van der Waals surface area contributed by atoms with Crippen LogP contribution in [0.4, 0.5) is 0 Å². The molecular weight excluding hydrogens is 732 g/mol. The van der Waals surface area contributed by atoms with Gasteiger partial charge in [-0.3, -0.25) is 19.2 Å². The molecule has 0 fully saturated rings. The van der Waals surface area contributed by atoms with Crippen LogP contribution < -0.4 is 45.0 Å². The Morgan fingerprint density at radius 2 is 1.56 bits per heavy atom. The van der Waals surface area contributed by atoms with Gasteiger partial charge in [0.2, 0.25) is 23.6 Å². The molecule has 0 aliphatic carbocycles. The van der Waals surface area contributed by atoms with Crippen LogP contribution >= 0.6 is 49.6 Å². The lowest BCUT2D eigenvalue weighted by Gasteiger charge is -2.33. The third-order valence-corrected chi connectivity index (χ3v) is 8.15. The summed E-state index contributed by atoms with van der Waals surface area (Å²) in [5.74, 6) is -2.32. The van der Waals surface area contributed by atoms with Crippen molar-refractivity contribution in [3.05, 3.63) is 53.6 Å². The maximum atomic E-state index is 13.9. The Kier molecular flexibility index (Phi) is 23.9. The minimum atomic E-state index is -1.10. The number of phenols is 1. The van der Waals surface area contributed by atoms with E-state index in [0.717, 1.165) is 16.7 Å². The van der Waals surface area contributed by atoms with Gasteiger partial charge in [0.1, 0.15) is 17.8 Å². The molecule has 5 atom stereocenters. The van der Waals surface area contributed by atoms with E-state index in [1.807, 2.05) is 24.3 Å². The summed E-state index contributed by atoms with van der Waals surface area (Å²) in [4.78, 5) is 54.3. The molecule has 0 saturated heterocycles. The Morgan fingerprint density at radius 1 is 0.900 bits per heavy atom. The molecule has 0 saturated carbocycles. The van der Waals surface area contributed by atoms with Gasteiger partial charge in [0.05, 0.1) is 6.04 Å². The lowest BCUT2D eigenvalue weighted by molar-refractivity contribution is -0.140. The van der Waals surface area contributed by atoms with Crippen LogP contribution in [-0.2, 0) is 32.0 Å². The fourth-order valence-electron chi connectivity index (χ4n) is 5.62. The highest BCUT2D eigenvalue weighted by molar-refractivity contribution is 5.91. The van der Waals surface area contributed by atoms with E-state index in [9.17, 15) is 24.3 Å². The van der Waals surface area contributed by atoms with Gasteiger partial charge in [0, 0.05) is 38.0 Å². The Balaban J connectivity index is 0. The number of carbonyl (C=O) groups is 4. The second-order valence-corrected chi connectivity index (χ2v) is 11.9. The predicted octanol–water partition coefficient (Wildman–Crippen LogP) is -0.0217. The molecule has 2 aromatic rings. The topological polar surface area (TPSA) is 272 Å². The van der Waals surface area contributed by atoms with Crippen LogP contribution in [0.5, 0.6) is 5.75 Å². The van der Waals surface area contributed by atoms with Crippen LogP contribution in [-0.4, -0.2) is 90.0 Å². The highest BCUT2D eigenvalue weighted by Gasteiger charge is 2.32. The first-order valence-corrected chi connectivity index (χ1v) is 15.7. The van der Waals surface area contributed by atoms with Crippen LogP contribution in [0, 0.1) is 0 Å². The molecule has 1 aliphatic rings. The Labute approximate surface area is 318 Å². The fraction of sp³-hybridized carbons (Fsp3) is 0.500. The fourth-order valence-corrected chi connectivity index (χ4v) is 5.62. The minimum Gasteiger partial charge on any atom is -0.508 e. The summed E-state index contributed by atoms with van der Waals surface area (Å²) in [7, 11) is 0. The summed E-state index contributed by atoms with van der Waals surface area (Å²) in [5, 5.41) is 16.2. The van der Waals surface area contributed by atoms with Crippen molar-refractivity contribution < 1.29 is 24.3 Å². The Morgan fingerprint density at radius 3 is 2.18 bits per heavy atom. The zero-order valence-electron chi connectivity index (χ0n) is 27.8. The van der Waals surface area contributed by atoms with E-state index in [0.29, 0.717) is 31.4 Å². The van der Waals surface area contributed by atoms with Crippen molar-refractivity contribution in [2.24, 2.45) is 34.4 Å². The minimum absolute atomic E-state index is 0. The molecule has 15 N–H and O–H groups in total. The maximum Gasteiger partial charge on any atom is 0.242 e. The lowest BCUT2D eigenvalue weighted by atomic mass is 9.95. The van der Waals surface area contributed by atoms with E-state index in [2.05, 4.69) is 10.6 Å². The number of hydrogen-bond acceptors (Lipinski definition) is 10. The van der Waals surface area contributed by atoms with Crippen molar-refractivity contribution in [3.63, 3.8) is 0 Å². The highest BCUT2D eigenvalue weighted by Crippen LogP contribution is 2.28. The van der Waals surface area contributed by atoms with E-state index in [-0.39, 0.29) is 101 Å². The van der Waals surface area contributed by atoms with E-state index in [1.54, 1.807) is 18.2 Å². The number of hydrogen-bond donors (Lipinski definition) is 9. The number of halogens is 4. The number of aromatic hydroxyl groups is 1. The Hall–Kier alpha value is -2.92. The molecule has 4 amide bonds. The van der Waals surface area contributed by atoms with Crippen molar-refractivity contribution in [2.45, 2.75) is 75.2 Å².